The number of nitrogens with one attached hydrogen (secondary N) is 1. The van der Waals surface area contributed by atoms with Gasteiger partial charge in [0, 0.05) is 22.0 Å². The number of hydrogen-bond donors (Lipinski definition) is 1. The summed E-state index contributed by atoms with van der Waals surface area (Å²) >= 11 is 0. The topological polar surface area (TPSA) is 55.1 Å². The Kier molecular flexibility index (Phi) is 4.14. The molecule has 1 heterocycles. The van der Waals surface area contributed by atoms with E-state index in [-0.39, 0.29) is 5.91 Å². The Labute approximate surface area is 173 Å². The SMILES string of the molecule is C=CC(=O)Nc1ccc(-c2nc3c4ccc(C)cc4c4cc(C)ccc4c3o2)cc1. The van der Waals surface area contributed by atoms with E-state index in [9.17, 15) is 4.79 Å². The standard InChI is InChI=1S/C26H20N2O2/c1-4-23(29)27-18-9-7-17(8-10-18)26-28-24-19-11-5-15(2)13-21(19)22-14-16(3)6-12-20(22)25(24)30-26/h4-14H,1H2,2-3H3,(H,27,29). The lowest BCUT2D eigenvalue weighted by Gasteiger charge is -2.07. The van der Waals surface area contributed by atoms with Crippen LogP contribution in [0.15, 0.2) is 77.7 Å². The number of fused-ring (bicyclic) bond motifs is 6. The number of carbonyl (C=O) groups is 1. The minimum Gasteiger partial charge on any atom is -0.435 e. The van der Waals surface area contributed by atoms with E-state index in [0.29, 0.717) is 11.6 Å². The van der Waals surface area contributed by atoms with Gasteiger partial charge >= 0.3 is 0 Å². The van der Waals surface area contributed by atoms with E-state index in [1.165, 1.54) is 28.0 Å². The van der Waals surface area contributed by atoms with Crippen LogP contribution in [-0.4, -0.2) is 10.9 Å². The summed E-state index contributed by atoms with van der Waals surface area (Å²) in [6.45, 7) is 7.67. The number of anilines is 1. The molecule has 0 aliphatic heterocycles. The number of nitrogens with zero attached hydrogens (tertiary/aromatic N) is 1. The number of aromatic nitrogens is 1. The fourth-order valence-electron chi connectivity index (χ4n) is 3.86. The molecule has 4 aromatic carbocycles. The summed E-state index contributed by atoms with van der Waals surface area (Å²) in [6.07, 6.45) is 1.24. The molecule has 4 heteroatoms. The normalized spacial score (nSPS) is 11.3. The number of carbonyl (C=O) groups excluding carboxylic acids is 1. The molecule has 0 bridgehead atoms. The predicted molar refractivity (Wildman–Crippen MR) is 123 cm³/mol. The first-order valence-corrected chi connectivity index (χ1v) is 9.80. The summed E-state index contributed by atoms with van der Waals surface area (Å²) in [5.41, 5.74) is 5.62. The third-order valence-corrected chi connectivity index (χ3v) is 5.35. The van der Waals surface area contributed by atoms with Gasteiger partial charge in [-0.2, -0.15) is 0 Å². The van der Waals surface area contributed by atoms with Crippen molar-refractivity contribution in [2.75, 3.05) is 5.32 Å². The number of oxazole rings is 1. The highest BCUT2D eigenvalue weighted by Crippen LogP contribution is 2.38. The Morgan fingerprint density at radius 2 is 1.53 bits per heavy atom. The fraction of sp³-hybridized carbons (Fsp3) is 0.0769. The third-order valence-electron chi connectivity index (χ3n) is 5.35. The van der Waals surface area contributed by atoms with Gasteiger partial charge in [-0.3, -0.25) is 4.79 Å². The fourth-order valence-corrected chi connectivity index (χ4v) is 3.86. The van der Waals surface area contributed by atoms with Crippen LogP contribution in [0.5, 0.6) is 0 Å². The second kappa shape index (κ2) is 6.85. The molecule has 0 radical (unpaired) electrons. The number of aryl methyl sites for hydroxylation is 2. The molecule has 30 heavy (non-hydrogen) atoms. The monoisotopic (exact) mass is 392 g/mol. The second-order valence-electron chi connectivity index (χ2n) is 7.57. The average molecular weight is 392 g/mol. The molecule has 5 rings (SSSR count). The van der Waals surface area contributed by atoms with Crippen molar-refractivity contribution in [3.05, 3.63) is 84.4 Å². The van der Waals surface area contributed by atoms with Crippen LogP contribution >= 0.6 is 0 Å². The number of rotatable bonds is 3. The molecular formula is C26H20N2O2. The van der Waals surface area contributed by atoms with Gasteiger partial charge in [0.1, 0.15) is 5.52 Å². The molecule has 146 valence electrons. The van der Waals surface area contributed by atoms with Crippen molar-refractivity contribution in [1.82, 2.24) is 4.98 Å². The molecule has 0 spiro atoms. The minimum atomic E-state index is -0.242. The van der Waals surface area contributed by atoms with E-state index < -0.39 is 0 Å². The first-order chi connectivity index (χ1) is 14.5. The van der Waals surface area contributed by atoms with Crippen LogP contribution in [0, 0.1) is 13.8 Å². The highest BCUT2D eigenvalue weighted by atomic mass is 16.3. The van der Waals surface area contributed by atoms with E-state index in [0.717, 1.165) is 27.4 Å². The molecule has 1 N–H and O–H groups in total. The summed E-state index contributed by atoms with van der Waals surface area (Å²) in [5.74, 6) is 0.315. The van der Waals surface area contributed by atoms with E-state index in [2.05, 4.69) is 62.1 Å². The van der Waals surface area contributed by atoms with Crippen LogP contribution in [0.1, 0.15) is 11.1 Å². The lowest BCUT2D eigenvalue weighted by Crippen LogP contribution is -2.06. The second-order valence-corrected chi connectivity index (χ2v) is 7.57. The maximum Gasteiger partial charge on any atom is 0.247 e. The number of benzene rings is 4. The van der Waals surface area contributed by atoms with Gasteiger partial charge in [0.15, 0.2) is 5.58 Å². The van der Waals surface area contributed by atoms with Gasteiger partial charge in [-0.05, 0) is 55.0 Å². The van der Waals surface area contributed by atoms with Gasteiger partial charge in [0.05, 0.1) is 0 Å². The van der Waals surface area contributed by atoms with Crippen LogP contribution in [-0.2, 0) is 4.79 Å². The van der Waals surface area contributed by atoms with Gasteiger partial charge in [-0.15, -0.1) is 0 Å². The van der Waals surface area contributed by atoms with Crippen molar-refractivity contribution < 1.29 is 9.21 Å². The molecule has 0 aliphatic carbocycles. The first-order valence-electron chi connectivity index (χ1n) is 9.80. The van der Waals surface area contributed by atoms with Crippen molar-refractivity contribution in [1.29, 1.82) is 0 Å². The molecule has 1 amide bonds. The highest BCUT2D eigenvalue weighted by Gasteiger charge is 2.16. The largest absolute Gasteiger partial charge is 0.435 e. The Hall–Kier alpha value is -3.92. The summed E-state index contributed by atoms with van der Waals surface area (Å²) < 4.78 is 6.27. The molecule has 0 saturated heterocycles. The van der Waals surface area contributed by atoms with Crippen LogP contribution in [0.4, 0.5) is 5.69 Å². The molecule has 0 atom stereocenters. The van der Waals surface area contributed by atoms with Gasteiger partial charge < -0.3 is 9.73 Å². The Balaban J connectivity index is 1.72. The van der Waals surface area contributed by atoms with Crippen molar-refractivity contribution >= 4 is 44.2 Å². The lowest BCUT2D eigenvalue weighted by atomic mass is 9.97. The molecule has 0 aliphatic rings. The van der Waals surface area contributed by atoms with Gasteiger partial charge in [0.2, 0.25) is 11.8 Å². The maximum atomic E-state index is 11.5. The van der Waals surface area contributed by atoms with Gasteiger partial charge in [-0.25, -0.2) is 4.98 Å². The lowest BCUT2D eigenvalue weighted by molar-refractivity contribution is -0.111. The van der Waals surface area contributed by atoms with Crippen molar-refractivity contribution in [3.8, 4) is 11.5 Å². The third kappa shape index (κ3) is 2.94. The van der Waals surface area contributed by atoms with Gasteiger partial charge in [-0.1, -0.05) is 54.1 Å². The summed E-state index contributed by atoms with van der Waals surface area (Å²) in [6, 6.07) is 20.3. The highest BCUT2D eigenvalue weighted by molar-refractivity contribution is 6.23. The predicted octanol–water partition coefficient (Wildman–Crippen LogP) is 6.54. The Morgan fingerprint density at radius 1 is 0.900 bits per heavy atom. The van der Waals surface area contributed by atoms with E-state index in [4.69, 9.17) is 9.40 Å². The van der Waals surface area contributed by atoms with Crippen molar-refractivity contribution in [3.63, 3.8) is 0 Å². The summed E-state index contributed by atoms with van der Waals surface area (Å²) in [7, 11) is 0. The van der Waals surface area contributed by atoms with Gasteiger partial charge in [0.25, 0.3) is 0 Å². The van der Waals surface area contributed by atoms with Crippen LogP contribution in [0.2, 0.25) is 0 Å². The molecule has 0 saturated carbocycles. The van der Waals surface area contributed by atoms with Crippen LogP contribution in [0.3, 0.4) is 0 Å². The van der Waals surface area contributed by atoms with E-state index in [1.54, 1.807) is 0 Å². The quantitative estimate of drug-likeness (QED) is 0.280. The number of hydrogen-bond acceptors (Lipinski definition) is 3. The zero-order valence-corrected chi connectivity index (χ0v) is 16.8. The van der Waals surface area contributed by atoms with Crippen molar-refractivity contribution in [2.45, 2.75) is 13.8 Å². The number of amides is 1. The molecule has 5 aromatic rings. The molecule has 0 unspecified atom stereocenters. The summed E-state index contributed by atoms with van der Waals surface area (Å²) in [4.78, 5) is 16.3. The maximum absolute atomic E-state index is 11.5. The van der Waals surface area contributed by atoms with E-state index in [1.807, 2.05) is 24.3 Å². The first kappa shape index (κ1) is 18.1. The summed E-state index contributed by atoms with van der Waals surface area (Å²) in [5, 5.41) is 7.24. The Morgan fingerprint density at radius 3 is 2.20 bits per heavy atom. The zero-order valence-electron chi connectivity index (χ0n) is 16.8. The molecule has 0 fully saturated rings. The zero-order chi connectivity index (χ0) is 20.8. The van der Waals surface area contributed by atoms with Crippen LogP contribution < -0.4 is 5.32 Å². The molecule has 1 aromatic heterocycles. The minimum absolute atomic E-state index is 0.242. The molecule has 4 nitrogen and oxygen atoms in total. The van der Waals surface area contributed by atoms with Crippen molar-refractivity contribution in [2.24, 2.45) is 0 Å². The van der Waals surface area contributed by atoms with Crippen LogP contribution in [0.25, 0.3) is 44.1 Å². The Bertz CT molecular complexity index is 1380. The van der Waals surface area contributed by atoms with E-state index >= 15 is 0 Å². The molecular weight excluding hydrogens is 372 g/mol. The average Bonchev–Trinajstić information content (AvgIpc) is 3.19. The smallest absolute Gasteiger partial charge is 0.247 e.